The molecule has 6 nitrogen and oxygen atoms in total. The molecule has 1 aromatic rings. The molecule has 1 aromatic carbocycles. The van der Waals surface area contributed by atoms with E-state index >= 15 is 0 Å². The SMILES string of the molecule is Cl.O=C(NCCCN1CCNCC1)c1cc(Br)c2c(c1)OCO2. The summed E-state index contributed by atoms with van der Waals surface area (Å²) in [6.45, 7) is 6.17. The quantitative estimate of drug-likeness (QED) is 0.728. The minimum atomic E-state index is -0.0840. The molecule has 1 saturated heterocycles. The Kier molecular flexibility index (Phi) is 6.95. The molecule has 2 aliphatic rings. The lowest BCUT2D eigenvalue weighted by Gasteiger charge is -2.27. The number of carbonyl (C=O) groups excluding carboxylic acids is 1. The summed E-state index contributed by atoms with van der Waals surface area (Å²) >= 11 is 3.40. The maximum Gasteiger partial charge on any atom is 0.251 e. The van der Waals surface area contributed by atoms with Crippen LogP contribution in [0, 0.1) is 0 Å². The highest BCUT2D eigenvalue weighted by Crippen LogP contribution is 2.39. The van der Waals surface area contributed by atoms with Gasteiger partial charge in [0.1, 0.15) is 0 Å². The molecule has 128 valence electrons. The minimum absolute atomic E-state index is 0. The summed E-state index contributed by atoms with van der Waals surface area (Å²) in [7, 11) is 0. The van der Waals surface area contributed by atoms with Crippen LogP contribution in [0.5, 0.6) is 11.5 Å². The van der Waals surface area contributed by atoms with Gasteiger partial charge in [-0.25, -0.2) is 0 Å². The summed E-state index contributed by atoms with van der Waals surface area (Å²) in [5, 5.41) is 6.29. The van der Waals surface area contributed by atoms with Crippen molar-refractivity contribution in [2.24, 2.45) is 0 Å². The molecule has 8 heteroatoms. The molecular weight excluding hydrogens is 386 g/mol. The van der Waals surface area contributed by atoms with E-state index in [4.69, 9.17) is 9.47 Å². The van der Waals surface area contributed by atoms with Crippen molar-refractivity contribution in [2.45, 2.75) is 6.42 Å². The van der Waals surface area contributed by atoms with Crippen molar-refractivity contribution in [3.05, 3.63) is 22.2 Å². The first kappa shape index (κ1) is 18.3. The van der Waals surface area contributed by atoms with Crippen LogP contribution in [-0.4, -0.2) is 56.9 Å². The van der Waals surface area contributed by atoms with Crippen molar-refractivity contribution >= 4 is 34.2 Å². The van der Waals surface area contributed by atoms with Crippen LogP contribution in [0.4, 0.5) is 0 Å². The van der Waals surface area contributed by atoms with Crippen LogP contribution < -0.4 is 20.1 Å². The third-order valence-electron chi connectivity index (χ3n) is 3.84. The number of rotatable bonds is 5. The average molecular weight is 407 g/mol. The molecule has 0 atom stereocenters. The zero-order valence-electron chi connectivity index (χ0n) is 12.8. The summed E-state index contributed by atoms with van der Waals surface area (Å²) in [6.07, 6.45) is 0.956. The van der Waals surface area contributed by atoms with Crippen LogP contribution in [0.1, 0.15) is 16.8 Å². The Balaban J connectivity index is 0.00000192. The number of halogens is 2. The number of nitrogens with zero attached hydrogens (tertiary/aromatic N) is 1. The molecule has 0 unspecified atom stereocenters. The highest BCUT2D eigenvalue weighted by Gasteiger charge is 2.20. The van der Waals surface area contributed by atoms with Crippen molar-refractivity contribution < 1.29 is 14.3 Å². The number of ether oxygens (including phenoxy) is 2. The molecular formula is C15H21BrClN3O3. The molecule has 1 fully saturated rings. The van der Waals surface area contributed by atoms with Gasteiger partial charge in [-0.15, -0.1) is 12.4 Å². The summed E-state index contributed by atoms with van der Waals surface area (Å²) < 4.78 is 11.4. The van der Waals surface area contributed by atoms with Gasteiger partial charge in [0.05, 0.1) is 4.47 Å². The number of hydrogen-bond donors (Lipinski definition) is 2. The zero-order chi connectivity index (χ0) is 15.4. The number of amides is 1. The summed E-state index contributed by atoms with van der Waals surface area (Å²) in [6, 6.07) is 3.48. The van der Waals surface area contributed by atoms with Gasteiger partial charge < -0.3 is 25.0 Å². The predicted molar refractivity (Wildman–Crippen MR) is 93.8 cm³/mol. The van der Waals surface area contributed by atoms with Crippen LogP contribution >= 0.6 is 28.3 Å². The Morgan fingerprint density at radius 1 is 1.30 bits per heavy atom. The standard InChI is InChI=1S/C15H20BrN3O3.ClH/c16-12-8-11(9-13-14(12)22-10-21-13)15(20)18-2-1-5-19-6-3-17-4-7-19;/h8-9,17H,1-7,10H2,(H,18,20);1H. The molecule has 0 radical (unpaired) electrons. The number of nitrogens with one attached hydrogen (secondary N) is 2. The fourth-order valence-electron chi connectivity index (χ4n) is 2.64. The zero-order valence-corrected chi connectivity index (χ0v) is 15.2. The first-order valence-corrected chi connectivity index (χ1v) is 8.34. The first-order valence-electron chi connectivity index (χ1n) is 7.54. The highest BCUT2D eigenvalue weighted by molar-refractivity contribution is 9.10. The van der Waals surface area contributed by atoms with E-state index in [1.807, 2.05) is 0 Å². The smallest absolute Gasteiger partial charge is 0.251 e. The normalized spacial score (nSPS) is 16.7. The number of hydrogen-bond acceptors (Lipinski definition) is 5. The maximum absolute atomic E-state index is 12.2. The second-order valence-corrected chi connectivity index (χ2v) is 6.25. The molecule has 0 bridgehead atoms. The Bertz CT molecular complexity index is 553. The van der Waals surface area contributed by atoms with Gasteiger partial charge in [0.25, 0.3) is 5.91 Å². The van der Waals surface area contributed by atoms with Crippen LogP contribution in [0.15, 0.2) is 16.6 Å². The second-order valence-electron chi connectivity index (χ2n) is 5.39. The number of piperazine rings is 1. The predicted octanol–water partition coefficient (Wildman–Crippen LogP) is 1.62. The van der Waals surface area contributed by atoms with Crippen molar-refractivity contribution in [1.29, 1.82) is 0 Å². The summed E-state index contributed by atoms with van der Waals surface area (Å²) in [5.41, 5.74) is 0.582. The molecule has 0 saturated carbocycles. The summed E-state index contributed by atoms with van der Waals surface area (Å²) in [4.78, 5) is 14.6. The van der Waals surface area contributed by atoms with Crippen LogP contribution in [-0.2, 0) is 0 Å². The Morgan fingerprint density at radius 3 is 2.87 bits per heavy atom. The molecule has 1 amide bonds. The second kappa shape index (κ2) is 8.73. The lowest BCUT2D eigenvalue weighted by molar-refractivity contribution is 0.0950. The first-order chi connectivity index (χ1) is 10.7. The van der Waals surface area contributed by atoms with E-state index in [-0.39, 0.29) is 25.1 Å². The molecule has 3 rings (SSSR count). The van der Waals surface area contributed by atoms with E-state index in [0.29, 0.717) is 23.6 Å². The molecule has 0 aromatic heterocycles. The van der Waals surface area contributed by atoms with Crippen molar-refractivity contribution in [2.75, 3.05) is 46.1 Å². The molecule has 0 spiro atoms. The third-order valence-corrected chi connectivity index (χ3v) is 4.42. The van der Waals surface area contributed by atoms with Crippen LogP contribution in [0.25, 0.3) is 0 Å². The fraction of sp³-hybridized carbons (Fsp3) is 0.533. The largest absolute Gasteiger partial charge is 0.454 e. The van der Waals surface area contributed by atoms with E-state index in [1.54, 1.807) is 12.1 Å². The van der Waals surface area contributed by atoms with Gasteiger partial charge in [-0.05, 0) is 41.0 Å². The van der Waals surface area contributed by atoms with Crippen LogP contribution in [0.3, 0.4) is 0 Å². The number of benzene rings is 1. The van der Waals surface area contributed by atoms with Crippen molar-refractivity contribution in [3.8, 4) is 11.5 Å². The fourth-order valence-corrected chi connectivity index (χ4v) is 3.20. The Labute approximate surface area is 150 Å². The van der Waals surface area contributed by atoms with E-state index in [1.165, 1.54) is 0 Å². The van der Waals surface area contributed by atoms with E-state index in [0.717, 1.165) is 43.6 Å². The molecule has 2 aliphatic heterocycles. The lowest BCUT2D eigenvalue weighted by Crippen LogP contribution is -2.44. The van der Waals surface area contributed by atoms with Gasteiger partial charge in [-0.3, -0.25) is 4.79 Å². The lowest BCUT2D eigenvalue weighted by atomic mass is 10.2. The summed E-state index contributed by atoms with van der Waals surface area (Å²) in [5.74, 6) is 1.19. The van der Waals surface area contributed by atoms with Gasteiger partial charge in [0.2, 0.25) is 6.79 Å². The van der Waals surface area contributed by atoms with Gasteiger partial charge >= 0.3 is 0 Å². The topological polar surface area (TPSA) is 62.8 Å². The van der Waals surface area contributed by atoms with Crippen LogP contribution in [0.2, 0.25) is 0 Å². The van der Waals surface area contributed by atoms with E-state index in [2.05, 4.69) is 31.5 Å². The molecule has 23 heavy (non-hydrogen) atoms. The maximum atomic E-state index is 12.2. The van der Waals surface area contributed by atoms with Gasteiger partial charge in [0, 0.05) is 38.3 Å². The van der Waals surface area contributed by atoms with Crippen molar-refractivity contribution in [1.82, 2.24) is 15.5 Å². The van der Waals surface area contributed by atoms with Gasteiger partial charge in [-0.2, -0.15) is 0 Å². The Hall–Kier alpha value is -1.02. The van der Waals surface area contributed by atoms with E-state index in [9.17, 15) is 4.79 Å². The van der Waals surface area contributed by atoms with Gasteiger partial charge in [0.15, 0.2) is 11.5 Å². The number of fused-ring (bicyclic) bond motifs is 1. The number of carbonyl (C=O) groups is 1. The monoisotopic (exact) mass is 405 g/mol. The average Bonchev–Trinajstić information content (AvgIpc) is 3.01. The third kappa shape index (κ3) is 4.73. The Morgan fingerprint density at radius 2 is 2.09 bits per heavy atom. The van der Waals surface area contributed by atoms with Gasteiger partial charge in [-0.1, -0.05) is 0 Å². The van der Waals surface area contributed by atoms with Crippen molar-refractivity contribution in [3.63, 3.8) is 0 Å². The molecule has 0 aliphatic carbocycles. The molecule has 2 N–H and O–H groups in total. The van der Waals surface area contributed by atoms with E-state index < -0.39 is 0 Å². The molecule has 2 heterocycles. The highest BCUT2D eigenvalue weighted by atomic mass is 79.9. The minimum Gasteiger partial charge on any atom is -0.454 e.